The number of nitro groups is 1. The lowest BCUT2D eigenvalue weighted by Gasteiger charge is -2.34. The molecule has 1 fully saturated rings. The summed E-state index contributed by atoms with van der Waals surface area (Å²) in [6.45, 7) is 0. The molecule has 0 aromatic heterocycles. The Bertz CT molecular complexity index is 1270. The van der Waals surface area contributed by atoms with E-state index >= 15 is 0 Å². The molecule has 3 aromatic carbocycles. The summed E-state index contributed by atoms with van der Waals surface area (Å²) < 4.78 is 10.8. The number of Topliss-reactive ketones (excluding diaryl/α,β-unsaturated/α-hetero) is 1. The van der Waals surface area contributed by atoms with Gasteiger partial charge in [0.25, 0.3) is 0 Å². The van der Waals surface area contributed by atoms with E-state index in [0.717, 1.165) is 11.3 Å². The van der Waals surface area contributed by atoms with Crippen molar-refractivity contribution in [2.24, 2.45) is 0 Å². The topological polar surface area (TPSA) is 81.9 Å². The molecular formula is C27H24N2O5. The van der Waals surface area contributed by atoms with Crippen molar-refractivity contribution in [1.82, 2.24) is 0 Å². The van der Waals surface area contributed by atoms with E-state index in [0.29, 0.717) is 22.6 Å². The van der Waals surface area contributed by atoms with Gasteiger partial charge in [0, 0.05) is 16.2 Å². The van der Waals surface area contributed by atoms with Crippen LogP contribution in [0.4, 0.5) is 5.69 Å². The summed E-state index contributed by atoms with van der Waals surface area (Å²) in [6, 6.07) is 19.6. The number of ether oxygens (including phenoxy) is 2. The smallest absolute Gasteiger partial charge is 0.245 e. The number of hydrogen-bond acceptors (Lipinski definition) is 6. The van der Waals surface area contributed by atoms with Crippen LogP contribution >= 0.6 is 0 Å². The van der Waals surface area contributed by atoms with E-state index in [9.17, 15) is 14.9 Å². The highest BCUT2D eigenvalue weighted by Gasteiger charge is 2.59. The molecule has 3 aromatic rings. The summed E-state index contributed by atoms with van der Waals surface area (Å²) in [6.07, 6.45) is 3.76. The number of para-hydroxylation sites is 1. The second-order valence-electron chi connectivity index (χ2n) is 8.41. The highest BCUT2D eigenvalue weighted by atomic mass is 16.6. The molecular weight excluding hydrogens is 432 g/mol. The fraction of sp³-hybridized carbons (Fsp3) is 0.222. The normalized spacial score (nSPS) is 22.6. The molecule has 34 heavy (non-hydrogen) atoms. The Morgan fingerprint density at radius 2 is 1.65 bits per heavy atom. The molecule has 7 nitrogen and oxygen atoms in total. The van der Waals surface area contributed by atoms with E-state index in [1.54, 1.807) is 42.5 Å². The van der Waals surface area contributed by atoms with Gasteiger partial charge in [0.1, 0.15) is 12.1 Å². The first-order valence-electron chi connectivity index (χ1n) is 11.1. The molecule has 0 radical (unpaired) electrons. The first kappa shape index (κ1) is 21.7. The van der Waals surface area contributed by atoms with Gasteiger partial charge in [-0.15, -0.1) is 0 Å². The molecule has 2 aliphatic rings. The van der Waals surface area contributed by atoms with Crippen LogP contribution in [-0.2, 0) is 0 Å². The molecule has 0 spiro atoms. The van der Waals surface area contributed by atoms with Gasteiger partial charge in [0.05, 0.1) is 20.1 Å². The fourth-order valence-electron chi connectivity index (χ4n) is 5.26. The largest absolute Gasteiger partial charge is 0.493 e. The Balaban J connectivity index is 1.73. The molecule has 172 valence electrons. The predicted molar refractivity (Wildman–Crippen MR) is 129 cm³/mol. The zero-order valence-electron chi connectivity index (χ0n) is 18.8. The predicted octanol–water partition coefficient (Wildman–Crippen LogP) is 4.60. The standard InChI is InChI=1S/C27H24N2O5/c1-33-22-15-13-19(16-23(22)34-2)24-25(29(31)32)21-14-12-17-8-6-7-11-20(17)28(21)26(24)27(30)18-9-4-3-5-10-18/h3-16,21,24-26H,1-2H3/t21-,24+,25-,26-/m0/s1. The molecule has 0 bridgehead atoms. The van der Waals surface area contributed by atoms with Crippen LogP contribution in [0.5, 0.6) is 11.5 Å². The molecule has 1 saturated heterocycles. The lowest BCUT2D eigenvalue weighted by molar-refractivity contribution is -0.524. The summed E-state index contributed by atoms with van der Waals surface area (Å²) >= 11 is 0. The van der Waals surface area contributed by atoms with Gasteiger partial charge in [-0.2, -0.15) is 0 Å². The average Bonchev–Trinajstić information content (AvgIpc) is 3.24. The van der Waals surface area contributed by atoms with Crippen molar-refractivity contribution in [2.45, 2.75) is 24.0 Å². The number of nitrogens with zero attached hydrogens (tertiary/aromatic N) is 2. The number of hydrogen-bond donors (Lipinski definition) is 0. The van der Waals surface area contributed by atoms with Gasteiger partial charge in [-0.1, -0.05) is 66.7 Å². The van der Waals surface area contributed by atoms with Crippen molar-refractivity contribution in [1.29, 1.82) is 0 Å². The molecule has 2 aliphatic heterocycles. The number of methoxy groups -OCH3 is 2. The number of anilines is 1. The highest BCUT2D eigenvalue weighted by Crippen LogP contribution is 2.48. The van der Waals surface area contributed by atoms with Crippen LogP contribution in [-0.4, -0.2) is 43.1 Å². The van der Waals surface area contributed by atoms with Gasteiger partial charge in [0.15, 0.2) is 17.3 Å². The van der Waals surface area contributed by atoms with E-state index in [-0.39, 0.29) is 10.7 Å². The average molecular weight is 456 g/mol. The SMILES string of the molecule is COc1ccc([C@@H]2[C@@H]([N+](=O)[O-])[C@@H]3C=Cc4ccccc4N3[C@@H]2C(=O)c2ccccc2)cc1OC. The Kier molecular flexibility index (Phi) is 5.53. The summed E-state index contributed by atoms with van der Waals surface area (Å²) in [7, 11) is 3.06. The molecule has 7 heteroatoms. The van der Waals surface area contributed by atoms with Crippen molar-refractivity contribution in [3.8, 4) is 11.5 Å². The zero-order valence-corrected chi connectivity index (χ0v) is 18.8. The van der Waals surface area contributed by atoms with Crippen LogP contribution in [0.3, 0.4) is 0 Å². The summed E-state index contributed by atoms with van der Waals surface area (Å²) in [5.74, 6) is 0.132. The van der Waals surface area contributed by atoms with Crippen molar-refractivity contribution in [2.75, 3.05) is 19.1 Å². The zero-order chi connectivity index (χ0) is 23.8. The van der Waals surface area contributed by atoms with E-state index in [4.69, 9.17) is 9.47 Å². The summed E-state index contributed by atoms with van der Waals surface area (Å²) in [5, 5.41) is 12.5. The third kappa shape index (κ3) is 3.41. The molecule has 2 heterocycles. The third-order valence-corrected chi connectivity index (χ3v) is 6.73. The fourth-order valence-corrected chi connectivity index (χ4v) is 5.26. The minimum Gasteiger partial charge on any atom is -0.493 e. The maximum atomic E-state index is 14.0. The number of rotatable bonds is 6. The second kappa shape index (κ2) is 8.67. The number of fused-ring (bicyclic) bond motifs is 3. The van der Waals surface area contributed by atoms with Crippen molar-refractivity contribution < 1.29 is 19.2 Å². The maximum absolute atomic E-state index is 14.0. The minimum absolute atomic E-state index is 0.153. The third-order valence-electron chi connectivity index (χ3n) is 6.73. The van der Waals surface area contributed by atoms with Gasteiger partial charge in [-0.3, -0.25) is 14.9 Å². The quantitative estimate of drug-likeness (QED) is 0.306. The van der Waals surface area contributed by atoms with Crippen LogP contribution in [0.25, 0.3) is 6.08 Å². The maximum Gasteiger partial charge on any atom is 0.245 e. The molecule has 0 N–H and O–H groups in total. The number of carbonyl (C=O) groups excluding carboxylic acids is 1. The molecule has 0 saturated carbocycles. The summed E-state index contributed by atoms with van der Waals surface area (Å²) in [5.41, 5.74) is 2.93. The number of ketones is 1. The van der Waals surface area contributed by atoms with E-state index in [1.165, 1.54) is 14.2 Å². The molecule has 0 aliphatic carbocycles. The second-order valence-corrected chi connectivity index (χ2v) is 8.41. The van der Waals surface area contributed by atoms with E-state index < -0.39 is 24.0 Å². The van der Waals surface area contributed by atoms with Crippen LogP contribution < -0.4 is 14.4 Å². The monoisotopic (exact) mass is 456 g/mol. The first-order chi connectivity index (χ1) is 16.5. The van der Waals surface area contributed by atoms with Gasteiger partial charge in [-0.25, -0.2) is 0 Å². The van der Waals surface area contributed by atoms with Gasteiger partial charge in [-0.05, 0) is 29.3 Å². The van der Waals surface area contributed by atoms with E-state index in [1.807, 2.05) is 47.4 Å². The van der Waals surface area contributed by atoms with Crippen LogP contribution in [0.2, 0.25) is 0 Å². The lowest BCUT2D eigenvalue weighted by atomic mass is 9.83. The van der Waals surface area contributed by atoms with Gasteiger partial charge >= 0.3 is 0 Å². The van der Waals surface area contributed by atoms with Crippen LogP contribution in [0.15, 0.2) is 78.9 Å². The molecule has 0 unspecified atom stereocenters. The van der Waals surface area contributed by atoms with E-state index in [2.05, 4.69) is 0 Å². The highest BCUT2D eigenvalue weighted by molar-refractivity contribution is 6.04. The minimum atomic E-state index is -1.03. The van der Waals surface area contributed by atoms with Crippen molar-refractivity contribution in [3.63, 3.8) is 0 Å². The molecule has 4 atom stereocenters. The number of benzene rings is 3. The molecule has 0 amide bonds. The van der Waals surface area contributed by atoms with Crippen LogP contribution in [0, 0.1) is 10.1 Å². The Labute approximate surface area is 197 Å². The first-order valence-corrected chi connectivity index (χ1v) is 11.1. The van der Waals surface area contributed by atoms with Gasteiger partial charge in [0.2, 0.25) is 6.04 Å². The lowest BCUT2D eigenvalue weighted by Crippen LogP contribution is -2.44. The number of carbonyl (C=O) groups is 1. The van der Waals surface area contributed by atoms with Crippen LogP contribution in [0.1, 0.15) is 27.4 Å². The Morgan fingerprint density at radius 1 is 0.941 bits per heavy atom. The van der Waals surface area contributed by atoms with Crippen molar-refractivity contribution >= 4 is 17.5 Å². The molecule has 5 rings (SSSR count). The van der Waals surface area contributed by atoms with Crippen molar-refractivity contribution in [3.05, 3.63) is 106 Å². The Morgan fingerprint density at radius 3 is 2.35 bits per heavy atom. The Hall–Kier alpha value is -4.13. The summed E-state index contributed by atoms with van der Waals surface area (Å²) in [4.78, 5) is 28.2. The van der Waals surface area contributed by atoms with Gasteiger partial charge < -0.3 is 14.4 Å².